The van der Waals surface area contributed by atoms with E-state index < -0.39 is 15.1 Å². The normalized spacial score (nSPS) is 26.3. The number of nitriles is 1. The standard InChI is InChI=1S/C17H23NO2S/c1-12-4-5-16(10-18)17(9-12)21(19,20)11-15-7-13(2)6-14(3)8-15/h6-8,12,16-17H,4-5,9,11H2,1-3H3. The zero-order chi connectivity index (χ0) is 15.6. The second kappa shape index (κ2) is 6.19. The molecule has 1 aliphatic carbocycles. The first-order chi connectivity index (χ1) is 9.81. The maximum atomic E-state index is 12.7. The Kier molecular flexibility index (Phi) is 4.73. The van der Waals surface area contributed by atoms with Crippen molar-refractivity contribution in [2.24, 2.45) is 11.8 Å². The minimum absolute atomic E-state index is 0.0467. The number of sulfone groups is 1. The van der Waals surface area contributed by atoms with Crippen LogP contribution in [0.15, 0.2) is 18.2 Å². The van der Waals surface area contributed by atoms with Crippen molar-refractivity contribution in [2.45, 2.75) is 51.0 Å². The molecule has 1 aromatic rings. The molecule has 2 rings (SSSR count). The highest BCUT2D eigenvalue weighted by molar-refractivity contribution is 7.91. The summed E-state index contributed by atoms with van der Waals surface area (Å²) in [5.41, 5.74) is 2.99. The summed E-state index contributed by atoms with van der Waals surface area (Å²) < 4.78 is 25.5. The van der Waals surface area contributed by atoms with Crippen molar-refractivity contribution in [3.05, 3.63) is 34.9 Å². The Morgan fingerprint density at radius 1 is 1.19 bits per heavy atom. The van der Waals surface area contributed by atoms with Crippen LogP contribution in [0.3, 0.4) is 0 Å². The molecule has 0 spiro atoms. The van der Waals surface area contributed by atoms with Crippen LogP contribution in [0.2, 0.25) is 0 Å². The van der Waals surface area contributed by atoms with Gasteiger partial charge in [-0.15, -0.1) is 0 Å². The van der Waals surface area contributed by atoms with E-state index in [1.165, 1.54) is 0 Å². The zero-order valence-corrected chi connectivity index (χ0v) is 13.8. The highest BCUT2D eigenvalue weighted by atomic mass is 32.2. The summed E-state index contributed by atoms with van der Waals surface area (Å²) in [6, 6.07) is 8.11. The monoisotopic (exact) mass is 305 g/mol. The average molecular weight is 305 g/mol. The molecule has 1 saturated carbocycles. The molecule has 0 saturated heterocycles. The molecule has 0 amide bonds. The van der Waals surface area contributed by atoms with E-state index in [0.717, 1.165) is 23.1 Å². The molecule has 114 valence electrons. The topological polar surface area (TPSA) is 57.9 Å². The van der Waals surface area contributed by atoms with Gasteiger partial charge in [-0.05, 0) is 44.6 Å². The summed E-state index contributed by atoms with van der Waals surface area (Å²) in [4.78, 5) is 0. The van der Waals surface area contributed by atoms with Crippen LogP contribution in [0.1, 0.15) is 42.9 Å². The van der Waals surface area contributed by atoms with E-state index in [0.29, 0.717) is 18.8 Å². The predicted molar refractivity (Wildman–Crippen MR) is 84.4 cm³/mol. The van der Waals surface area contributed by atoms with Crippen LogP contribution in [0, 0.1) is 37.0 Å². The van der Waals surface area contributed by atoms with E-state index in [1.807, 2.05) is 32.0 Å². The molecule has 1 fully saturated rings. The molecule has 0 aliphatic heterocycles. The third kappa shape index (κ3) is 3.85. The second-order valence-electron chi connectivity index (χ2n) is 6.50. The van der Waals surface area contributed by atoms with E-state index >= 15 is 0 Å². The Labute approximate surface area is 127 Å². The highest BCUT2D eigenvalue weighted by Gasteiger charge is 2.37. The summed E-state index contributed by atoms with van der Waals surface area (Å²) in [7, 11) is -3.29. The SMILES string of the molecule is Cc1cc(C)cc(CS(=O)(=O)C2CC(C)CCC2C#N)c1. The summed E-state index contributed by atoms with van der Waals surface area (Å²) in [6.45, 7) is 6.03. The van der Waals surface area contributed by atoms with Crippen LogP contribution in [0.4, 0.5) is 0 Å². The summed E-state index contributed by atoms with van der Waals surface area (Å²) in [5, 5.41) is 8.74. The van der Waals surface area contributed by atoms with Gasteiger partial charge in [-0.2, -0.15) is 5.26 Å². The number of aryl methyl sites for hydroxylation is 2. The number of hydrogen-bond donors (Lipinski definition) is 0. The largest absolute Gasteiger partial charge is 0.228 e. The fourth-order valence-corrected chi connectivity index (χ4v) is 5.53. The molecule has 3 atom stereocenters. The van der Waals surface area contributed by atoms with Gasteiger partial charge >= 0.3 is 0 Å². The van der Waals surface area contributed by atoms with Crippen molar-refractivity contribution >= 4 is 9.84 Å². The van der Waals surface area contributed by atoms with E-state index in [-0.39, 0.29) is 11.7 Å². The van der Waals surface area contributed by atoms with E-state index in [4.69, 9.17) is 0 Å². The zero-order valence-electron chi connectivity index (χ0n) is 13.0. The summed E-state index contributed by atoms with van der Waals surface area (Å²) in [6.07, 6.45) is 2.27. The van der Waals surface area contributed by atoms with Gasteiger partial charge in [0.25, 0.3) is 0 Å². The first-order valence-corrected chi connectivity index (χ1v) is 9.21. The highest BCUT2D eigenvalue weighted by Crippen LogP contribution is 2.34. The Morgan fingerprint density at radius 3 is 2.38 bits per heavy atom. The van der Waals surface area contributed by atoms with Crippen molar-refractivity contribution in [3.8, 4) is 6.07 Å². The van der Waals surface area contributed by atoms with E-state index in [1.54, 1.807) is 0 Å². The van der Waals surface area contributed by atoms with Crippen molar-refractivity contribution < 1.29 is 8.42 Å². The third-order valence-electron chi connectivity index (χ3n) is 4.33. The first kappa shape index (κ1) is 16.0. The number of rotatable bonds is 3. The molecule has 1 aliphatic rings. The van der Waals surface area contributed by atoms with Gasteiger partial charge in [0.05, 0.1) is 23.0 Å². The molecule has 0 radical (unpaired) electrons. The molecule has 0 heterocycles. The minimum atomic E-state index is -3.29. The molecule has 3 unspecified atom stereocenters. The van der Waals surface area contributed by atoms with E-state index in [9.17, 15) is 13.7 Å². The van der Waals surface area contributed by atoms with Crippen LogP contribution in [-0.4, -0.2) is 13.7 Å². The number of benzene rings is 1. The predicted octanol–water partition coefficient (Wildman–Crippen LogP) is 3.55. The van der Waals surface area contributed by atoms with Crippen molar-refractivity contribution in [1.82, 2.24) is 0 Å². The molecule has 0 N–H and O–H groups in total. The van der Waals surface area contributed by atoms with Crippen LogP contribution < -0.4 is 0 Å². The Hall–Kier alpha value is -1.34. The van der Waals surface area contributed by atoms with Gasteiger partial charge in [-0.1, -0.05) is 36.2 Å². The number of hydrogen-bond acceptors (Lipinski definition) is 3. The Morgan fingerprint density at radius 2 is 1.81 bits per heavy atom. The van der Waals surface area contributed by atoms with Gasteiger partial charge in [-0.25, -0.2) is 8.42 Å². The third-order valence-corrected chi connectivity index (χ3v) is 6.51. The van der Waals surface area contributed by atoms with Crippen molar-refractivity contribution in [1.29, 1.82) is 5.26 Å². The second-order valence-corrected chi connectivity index (χ2v) is 8.72. The van der Waals surface area contributed by atoms with Crippen LogP contribution in [0.25, 0.3) is 0 Å². The lowest BCUT2D eigenvalue weighted by Crippen LogP contribution is -2.35. The van der Waals surface area contributed by atoms with E-state index in [2.05, 4.69) is 13.0 Å². The van der Waals surface area contributed by atoms with Crippen LogP contribution >= 0.6 is 0 Å². The fourth-order valence-electron chi connectivity index (χ4n) is 3.36. The Balaban J connectivity index is 2.26. The van der Waals surface area contributed by atoms with Crippen molar-refractivity contribution in [2.75, 3.05) is 0 Å². The molecule has 0 bridgehead atoms. The average Bonchev–Trinajstić information content (AvgIpc) is 2.36. The summed E-state index contributed by atoms with van der Waals surface area (Å²) >= 11 is 0. The van der Waals surface area contributed by atoms with Gasteiger partial charge < -0.3 is 0 Å². The maximum Gasteiger partial charge on any atom is 0.158 e. The molecule has 1 aromatic carbocycles. The van der Waals surface area contributed by atoms with Crippen molar-refractivity contribution in [3.63, 3.8) is 0 Å². The molecule has 3 nitrogen and oxygen atoms in total. The number of nitrogens with zero attached hydrogens (tertiary/aromatic N) is 1. The molecular weight excluding hydrogens is 282 g/mol. The smallest absolute Gasteiger partial charge is 0.158 e. The molecular formula is C17H23NO2S. The van der Waals surface area contributed by atoms with Gasteiger partial charge in [0.2, 0.25) is 0 Å². The summed E-state index contributed by atoms with van der Waals surface area (Å²) in [5.74, 6) is 0.0798. The van der Waals surface area contributed by atoms with Gasteiger partial charge in [0.15, 0.2) is 9.84 Å². The first-order valence-electron chi connectivity index (χ1n) is 7.50. The maximum absolute atomic E-state index is 12.7. The van der Waals surface area contributed by atoms with Crippen LogP contribution in [0.5, 0.6) is 0 Å². The molecule has 0 aromatic heterocycles. The molecule has 21 heavy (non-hydrogen) atoms. The molecule has 4 heteroatoms. The van der Waals surface area contributed by atoms with Gasteiger partial charge in [0, 0.05) is 0 Å². The lowest BCUT2D eigenvalue weighted by atomic mass is 9.83. The minimum Gasteiger partial charge on any atom is -0.228 e. The van der Waals surface area contributed by atoms with Crippen LogP contribution in [-0.2, 0) is 15.6 Å². The fraction of sp³-hybridized carbons (Fsp3) is 0.588. The Bertz CT molecular complexity index is 638. The lowest BCUT2D eigenvalue weighted by Gasteiger charge is -2.30. The lowest BCUT2D eigenvalue weighted by molar-refractivity contribution is 0.334. The van der Waals surface area contributed by atoms with Gasteiger partial charge in [-0.3, -0.25) is 0 Å². The van der Waals surface area contributed by atoms with Gasteiger partial charge in [0.1, 0.15) is 0 Å². The quantitative estimate of drug-likeness (QED) is 0.858.